The molecule has 0 atom stereocenters. The lowest BCUT2D eigenvalue weighted by Gasteiger charge is -2.11. The van der Waals surface area contributed by atoms with Gasteiger partial charge in [-0.1, -0.05) is 41.5 Å². The highest BCUT2D eigenvalue weighted by molar-refractivity contribution is 5.79. The zero-order valence-electron chi connectivity index (χ0n) is 14.7. The number of anilines is 1. The van der Waals surface area contributed by atoms with Gasteiger partial charge in [0.2, 0.25) is 0 Å². The molecule has 7 heteroatoms. The van der Waals surface area contributed by atoms with Crippen LogP contribution in [0.3, 0.4) is 0 Å². The quantitative estimate of drug-likeness (QED) is 0.417. The second-order valence-corrected chi connectivity index (χ2v) is 6.10. The third-order valence-corrected chi connectivity index (χ3v) is 3.73. The Bertz CT molecular complexity index is 913. The maximum Gasteiger partial charge on any atom is 0.415 e. The second kappa shape index (κ2) is 7.77. The van der Waals surface area contributed by atoms with Gasteiger partial charge in [-0.2, -0.15) is 0 Å². The molecule has 26 heavy (non-hydrogen) atoms. The Balaban J connectivity index is 1.75. The van der Waals surface area contributed by atoms with Crippen LogP contribution in [0.25, 0.3) is 22.2 Å². The minimum absolute atomic E-state index is 0.0577. The molecule has 0 fully saturated rings. The van der Waals surface area contributed by atoms with Crippen LogP contribution >= 0.6 is 0 Å². The van der Waals surface area contributed by atoms with Crippen molar-refractivity contribution < 1.29 is 14.3 Å². The maximum atomic E-state index is 12.5. The van der Waals surface area contributed by atoms with E-state index < -0.39 is 0 Å². The largest absolute Gasteiger partial charge is 0.740 e. The molecule has 0 unspecified atom stereocenters. The van der Waals surface area contributed by atoms with Gasteiger partial charge in [-0.15, -0.1) is 0 Å². The summed E-state index contributed by atoms with van der Waals surface area (Å²) in [6.45, 7) is 3.82. The van der Waals surface area contributed by atoms with Gasteiger partial charge in [-0.25, -0.2) is 4.73 Å². The Morgan fingerprint density at radius 3 is 2.65 bits per heavy atom. The van der Waals surface area contributed by atoms with Gasteiger partial charge in [-0.3, -0.25) is 10.1 Å². The molecule has 1 heterocycles. The van der Waals surface area contributed by atoms with Gasteiger partial charge in [0.1, 0.15) is 11.0 Å². The summed E-state index contributed by atoms with van der Waals surface area (Å²) in [5.74, 6) is -0.270. The Hall–Kier alpha value is -3.22. The highest BCUT2D eigenvalue weighted by atomic mass is 16.5. The van der Waals surface area contributed by atoms with Crippen LogP contribution in [0.1, 0.15) is 20.3 Å². The molecule has 3 rings (SSSR count). The van der Waals surface area contributed by atoms with E-state index in [0.29, 0.717) is 15.8 Å². The van der Waals surface area contributed by atoms with Crippen molar-refractivity contribution in [2.45, 2.75) is 26.4 Å². The zero-order chi connectivity index (χ0) is 18.5. The fourth-order valence-electron chi connectivity index (χ4n) is 2.55. The lowest BCUT2D eigenvalue weighted by atomic mass is 10.1. The van der Waals surface area contributed by atoms with Crippen LogP contribution in [0.15, 0.2) is 48.5 Å². The van der Waals surface area contributed by atoms with Gasteiger partial charge >= 0.3 is 11.9 Å². The summed E-state index contributed by atoms with van der Waals surface area (Å²) in [5, 5.41) is 23.4. The number of carbonyl (C=O) groups excluding carboxylic acids is 1. The summed E-state index contributed by atoms with van der Waals surface area (Å²) in [7, 11) is 0. The molecular formula is C19H20N4O3. The van der Waals surface area contributed by atoms with Crippen LogP contribution < -0.4 is 10.0 Å². The number of benzene rings is 2. The number of hydrogen-bond donors (Lipinski definition) is 1. The first-order valence-corrected chi connectivity index (χ1v) is 8.43. The van der Waals surface area contributed by atoms with E-state index in [1.807, 2.05) is 42.5 Å². The molecule has 0 radical (unpaired) electrons. The first-order valence-electron chi connectivity index (χ1n) is 8.43. The molecular weight excluding hydrogens is 332 g/mol. The van der Waals surface area contributed by atoms with E-state index in [-0.39, 0.29) is 31.0 Å². The highest BCUT2D eigenvalue weighted by Crippen LogP contribution is 2.21. The van der Waals surface area contributed by atoms with Crippen molar-refractivity contribution in [3.8, 4) is 11.1 Å². The zero-order valence-corrected chi connectivity index (χ0v) is 14.7. The summed E-state index contributed by atoms with van der Waals surface area (Å²) < 4.78 is 5.73. The Labute approximate surface area is 151 Å². The minimum Gasteiger partial charge on any atom is -0.740 e. The van der Waals surface area contributed by atoms with Crippen molar-refractivity contribution in [1.82, 2.24) is 10.2 Å². The molecule has 0 amide bonds. The monoisotopic (exact) mass is 352 g/mol. The van der Waals surface area contributed by atoms with Crippen molar-refractivity contribution in [3.63, 3.8) is 0 Å². The van der Waals surface area contributed by atoms with Crippen LogP contribution in [0, 0.1) is 5.21 Å². The lowest BCUT2D eigenvalue weighted by molar-refractivity contribution is -0.565. The number of esters is 1. The molecule has 0 spiro atoms. The third kappa shape index (κ3) is 4.05. The van der Waals surface area contributed by atoms with Crippen molar-refractivity contribution in [2.75, 3.05) is 11.9 Å². The molecule has 0 aliphatic carbocycles. The average molecular weight is 352 g/mol. The average Bonchev–Trinajstić information content (AvgIpc) is 2.63. The molecule has 0 bridgehead atoms. The first kappa shape index (κ1) is 17.6. The fraction of sp³-hybridized carbons (Fsp3) is 0.263. The predicted molar refractivity (Wildman–Crippen MR) is 98.3 cm³/mol. The van der Waals surface area contributed by atoms with E-state index >= 15 is 0 Å². The molecule has 0 aliphatic rings. The number of fused-ring (bicyclic) bond motifs is 1. The maximum absolute atomic E-state index is 12.5. The molecule has 134 valence electrons. The van der Waals surface area contributed by atoms with E-state index in [1.165, 1.54) is 0 Å². The summed E-state index contributed by atoms with van der Waals surface area (Å²) in [4.78, 5) is 11.5. The molecule has 1 aromatic heterocycles. The minimum atomic E-state index is -0.328. The SMILES string of the molecule is CC(C)OC(=O)CCNc1nnc2cc(-c3ccccc3)ccc2[n+]1[O-]. The van der Waals surface area contributed by atoms with Crippen molar-refractivity contribution in [1.29, 1.82) is 0 Å². The Morgan fingerprint density at radius 2 is 1.92 bits per heavy atom. The number of rotatable bonds is 6. The van der Waals surface area contributed by atoms with Gasteiger partial charge < -0.3 is 9.94 Å². The van der Waals surface area contributed by atoms with E-state index in [1.54, 1.807) is 19.9 Å². The van der Waals surface area contributed by atoms with Gasteiger partial charge in [-0.05, 0) is 37.1 Å². The topological polar surface area (TPSA) is 91.0 Å². The van der Waals surface area contributed by atoms with E-state index in [0.717, 1.165) is 11.1 Å². The summed E-state index contributed by atoms with van der Waals surface area (Å²) in [6.07, 6.45) is -0.0172. The molecule has 0 saturated carbocycles. The van der Waals surface area contributed by atoms with Crippen molar-refractivity contribution >= 4 is 23.0 Å². The standard InChI is InChI=1S/C19H20N4O3/c1-13(2)26-18(24)10-11-20-19-22-21-16-12-15(8-9-17(16)23(19)25)14-6-4-3-5-7-14/h3-9,12-13H,10-11H2,1-2H3,(H,20,22). The van der Waals surface area contributed by atoms with Crippen LogP contribution in [0.4, 0.5) is 5.95 Å². The second-order valence-electron chi connectivity index (χ2n) is 6.10. The van der Waals surface area contributed by atoms with E-state index in [2.05, 4.69) is 15.5 Å². The molecule has 0 saturated heterocycles. The van der Waals surface area contributed by atoms with Gasteiger partial charge in [0, 0.05) is 5.10 Å². The Morgan fingerprint density at radius 1 is 1.15 bits per heavy atom. The molecule has 0 aliphatic heterocycles. The number of aromatic nitrogens is 3. The number of hydrogen-bond acceptors (Lipinski definition) is 6. The normalized spacial score (nSPS) is 10.9. The first-order chi connectivity index (χ1) is 12.5. The molecule has 2 aromatic carbocycles. The van der Waals surface area contributed by atoms with Crippen LogP contribution in [-0.4, -0.2) is 28.8 Å². The molecule has 3 aromatic rings. The predicted octanol–water partition coefficient (Wildman–Crippen LogP) is 2.68. The van der Waals surface area contributed by atoms with Crippen LogP contribution in [0.2, 0.25) is 0 Å². The summed E-state index contributed by atoms with van der Waals surface area (Å²) in [5.41, 5.74) is 2.92. The molecule has 1 N–H and O–H groups in total. The van der Waals surface area contributed by atoms with Crippen LogP contribution in [-0.2, 0) is 9.53 Å². The van der Waals surface area contributed by atoms with E-state index in [9.17, 15) is 10.0 Å². The smallest absolute Gasteiger partial charge is 0.415 e. The number of nitrogens with one attached hydrogen (secondary N) is 1. The Kier molecular flexibility index (Phi) is 5.26. The van der Waals surface area contributed by atoms with Gasteiger partial charge in [0.15, 0.2) is 0 Å². The van der Waals surface area contributed by atoms with Crippen molar-refractivity contribution in [3.05, 3.63) is 53.7 Å². The highest BCUT2D eigenvalue weighted by Gasteiger charge is 2.14. The van der Waals surface area contributed by atoms with Gasteiger partial charge in [0.25, 0.3) is 0 Å². The number of carbonyl (C=O) groups is 1. The summed E-state index contributed by atoms with van der Waals surface area (Å²) in [6, 6.07) is 15.3. The van der Waals surface area contributed by atoms with Gasteiger partial charge in [0.05, 0.1) is 19.1 Å². The number of ether oxygens (including phenoxy) is 1. The lowest BCUT2D eigenvalue weighted by Crippen LogP contribution is -2.34. The molecule has 7 nitrogen and oxygen atoms in total. The van der Waals surface area contributed by atoms with Crippen LogP contribution in [0.5, 0.6) is 0 Å². The third-order valence-electron chi connectivity index (χ3n) is 3.73. The fourth-order valence-corrected chi connectivity index (χ4v) is 2.55. The number of nitrogens with zero attached hydrogens (tertiary/aromatic N) is 3. The van der Waals surface area contributed by atoms with Crippen molar-refractivity contribution in [2.24, 2.45) is 0 Å². The van der Waals surface area contributed by atoms with E-state index in [4.69, 9.17) is 4.74 Å². The summed E-state index contributed by atoms with van der Waals surface area (Å²) >= 11 is 0.